The summed E-state index contributed by atoms with van der Waals surface area (Å²) in [6.07, 6.45) is 0. The van der Waals surface area contributed by atoms with E-state index in [9.17, 15) is 4.57 Å². The molecule has 2 aliphatic rings. The molecule has 5 rings (SSSR count). The molecule has 31 heavy (non-hydrogen) atoms. The van der Waals surface area contributed by atoms with Gasteiger partial charge in [0.25, 0.3) is 0 Å². The molecule has 1 atom stereocenters. The highest BCUT2D eigenvalue weighted by Crippen LogP contribution is 2.67. The molecule has 164 valence electrons. The van der Waals surface area contributed by atoms with E-state index in [0.29, 0.717) is 5.75 Å². The Morgan fingerprint density at radius 2 is 1.52 bits per heavy atom. The first-order valence-corrected chi connectivity index (χ1v) is 12.7. The molecule has 0 fully saturated rings. The molecule has 1 aromatic heterocycles. The fourth-order valence-corrected chi connectivity index (χ4v) is 7.61. The van der Waals surface area contributed by atoms with Gasteiger partial charge >= 0.3 is 7.52 Å². The summed E-state index contributed by atoms with van der Waals surface area (Å²) in [5, 5.41) is -0.573. The maximum atomic E-state index is 14.5. The van der Waals surface area contributed by atoms with Crippen LogP contribution in [-0.2, 0) is 15.4 Å². The summed E-state index contributed by atoms with van der Waals surface area (Å²) < 4.78 is 22.8. The average molecular weight is 437 g/mol. The van der Waals surface area contributed by atoms with Gasteiger partial charge in [-0.15, -0.1) is 0 Å². The molecular formula is C26H33N2O2P. The minimum Gasteiger partial charge on any atom is -0.427 e. The molecule has 1 unspecified atom stereocenters. The lowest BCUT2D eigenvalue weighted by Gasteiger charge is -2.44. The second kappa shape index (κ2) is 5.64. The molecule has 0 bridgehead atoms. The highest BCUT2D eigenvalue weighted by atomic mass is 31.2. The minimum atomic E-state index is -3.29. The Hall–Kier alpha value is -2.06. The quantitative estimate of drug-likeness (QED) is 0.342. The summed E-state index contributed by atoms with van der Waals surface area (Å²) in [5.74, 6) is 1.39. The minimum absolute atomic E-state index is 0.00766. The number of fused-ring (bicyclic) bond motifs is 6. The predicted octanol–water partition coefficient (Wildman–Crippen LogP) is 7.53. The van der Waals surface area contributed by atoms with Crippen LogP contribution >= 0.6 is 7.52 Å². The maximum Gasteiger partial charge on any atom is 0.354 e. The van der Waals surface area contributed by atoms with Crippen molar-refractivity contribution in [3.63, 3.8) is 0 Å². The second-order valence-electron chi connectivity index (χ2n) is 11.8. The van der Waals surface area contributed by atoms with Crippen molar-refractivity contribution in [3.8, 4) is 17.1 Å². The summed E-state index contributed by atoms with van der Waals surface area (Å²) in [6, 6.07) is 12.3. The van der Waals surface area contributed by atoms with Gasteiger partial charge in [-0.25, -0.2) is 9.32 Å². The zero-order chi connectivity index (χ0) is 22.8. The van der Waals surface area contributed by atoms with Crippen LogP contribution in [0, 0.1) is 5.41 Å². The molecule has 5 heteroatoms. The lowest BCUT2D eigenvalue weighted by Crippen LogP contribution is -2.42. The molecule has 0 N–H and O–H groups in total. The van der Waals surface area contributed by atoms with E-state index in [-0.39, 0.29) is 16.2 Å². The van der Waals surface area contributed by atoms with Crippen LogP contribution < -0.4 is 4.52 Å². The van der Waals surface area contributed by atoms with Crippen LogP contribution in [0.5, 0.6) is 5.75 Å². The van der Waals surface area contributed by atoms with Gasteiger partial charge in [0, 0.05) is 0 Å². The molecule has 0 spiro atoms. The monoisotopic (exact) mass is 436 g/mol. The first kappa shape index (κ1) is 20.8. The van der Waals surface area contributed by atoms with E-state index in [4.69, 9.17) is 9.51 Å². The van der Waals surface area contributed by atoms with E-state index in [1.165, 1.54) is 11.1 Å². The SMILES string of the molecule is CC1(C)c2cc3nc4n(c3cc2C(C)(C)C1(C)C)P(=O)(C(C)(C)C)Oc1ccccc1-4. The van der Waals surface area contributed by atoms with Crippen molar-refractivity contribution >= 4 is 18.6 Å². The number of hydrogen-bond acceptors (Lipinski definition) is 3. The van der Waals surface area contributed by atoms with Crippen molar-refractivity contribution in [1.29, 1.82) is 0 Å². The molecule has 4 nitrogen and oxygen atoms in total. The van der Waals surface area contributed by atoms with E-state index in [1.807, 2.05) is 49.4 Å². The van der Waals surface area contributed by atoms with Crippen molar-refractivity contribution < 1.29 is 9.09 Å². The Balaban J connectivity index is 1.92. The van der Waals surface area contributed by atoms with Crippen molar-refractivity contribution in [1.82, 2.24) is 9.32 Å². The molecular weight excluding hydrogens is 403 g/mol. The van der Waals surface area contributed by atoms with E-state index < -0.39 is 12.7 Å². The third-order valence-electron chi connectivity index (χ3n) is 8.70. The smallest absolute Gasteiger partial charge is 0.354 e. The Labute approximate surface area is 185 Å². The number of nitrogens with zero attached hydrogens (tertiary/aromatic N) is 2. The molecule has 0 amide bonds. The van der Waals surface area contributed by atoms with Gasteiger partial charge < -0.3 is 4.52 Å². The van der Waals surface area contributed by atoms with Crippen LogP contribution in [0.2, 0.25) is 0 Å². The van der Waals surface area contributed by atoms with Gasteiger partial charge in [0.2, 0.25) is 0 Å². The van der Waals surface area contributed by atoms with Gasteiger partial charge in [-0.1, -0.05) is 53.7 Å². The third kappa shape index (κ3) is 2.27. The van der Waals surface area contributed by atoms with Crippen molar-refractivity contribution in [2.24, 2.45) is 5.41 Å². The van der Waals surface area contributed by atoms with Crippen molar-refractivity contribution in [3.05, 3.63) is 47.5 Å². The highest BCUT2D eigenvalue weighted by Gasteiger charge is 2.57. The van der Waals surface area contributed by atoms with Gasteiger partial charge in [0.15, 0.2) is 5.82 Å². The summed E-state index contributed by atoms with van der Waals surface area (Å²) >= 11 is 0. The Bertz CT molecular complexity index is 1300. The molecule has 0 saturated heterocycles. The number of imidazole rings is 1. The van der Waals surface area contributed by atoms with Crippen LogP contribution in [0.1, 0.15) is 73.4 Å². The van der Waals surface area contributed by atoms with Gasteiger partial charge in [-0.2, -0.15) is 0 Å². The second-order valence-corrected chi connectivity index (χ2v) is 14.8. The zero-order valence-corrected chi connectivity index (χ0v) is 21.0. The van der Waals surface area contributed by atoms with Gasteiger partial charge in [-0.3, -0.25) is 4.57 Å². The van der Waals surface area contributed by atoms with Crippen LogP contribution in [0.15, 0.2) is 36.4 Å². The van der Waals surface area contributed by atoms with Gasteiger partial charge in [-0.05, 0) is 72.4 Å². The summed E-state index contributed by atoms with van der Waals surface area (Å²) in [7, 11) is -3.29. The van der Waals surface area contributed by atoms with Gasteiger partial charge in [0.1, 0.15) is 5.75 Å². The van der Waals surface area contributed by atoms with E-state index in [0.717, 1.165) is 22.4 Å². The molecule has 0 saturated carbocycles. The number of aromatic nitrogens is 2. The number of hydrogen-bond donors (Lipinski definition) is 0. The summed E-state index contributed by atoms with van der Waals surface area (Å²) in [6.45, 7) is 20.0. The van der Waals surface area contributed by atoms with Crippen molar-refractivity contribution in [2.75, 3.05) is 0 Å². The molecule has 1 aliphatic carbocycles. The zero-order valence-electron chi connectivity index (χ0n) is 20.1. The Kier molecular flexibility index (Phi) is 3.79. The lowest BCUT2D eigenvalue weighted by atomic mass is 9.59. The van der Waals surface area contributed by atoms with E-state index in [2.05, 4.69) is 53.7 Å². The largest absolute Gasteiger partial charge is 0.427 e. The Morgan fingerprint density at radius 1 is 0.935 bits per heavy atom. The highest BCUT2D eigenvalue weighted by molar-refractivity contribution is 7.59. The van der Waals surface area contributed by atoms with Crippen LogP contribution in [0.4, 0.5) is 0 Å². The fraction of sp³-hybridized carbons (Fsp3) is 0.500. The van der Waals surface area contributed by atoms with Crippen LogP contribution in [0.25, 0.3) is 22.4 Å². The van der Waals surface area contributed by atoms with Crippen LogP contribution in [0.3, 0.4) is 0 Å². The van der Waals surface area contributed by atoms with E-state index in [1.54, 1.807) is 0 Å². The first-order chi connectivity index (χ1) is 14.1. The predicted molar refractivity (Wildman–Crippen MR) is 128 cm³/mol. The maximum absolute atomic E-state index is 14.5. The molecule has 3 aromatic rings. The molecule has 0 radical (unpaired) electrons. The van der Waals surface area contributed by atoms with Crippen LogP contribution in [-0.4, -0.2) is 14.5 Å². The summed E-state index contributed by atoms with van der Waals surface area (Å²) in [5.41, 5.74) is 5.36. The average Bonchev–Trinajstić information content (AvgIpc) is 3.09. The lowest BCUT2D eigenvalue weighted by molar-refractivity contribution is 0.125. The molecule has 1 aliphatic heterocycles. The Morgan fingerprint density at radius 3 is 2.13 bits per heavy atom. The molecule has 2 aromatic carbocycles. The van der Waals surface area contributed by atoms with Gasteiger partial charge in [0.05, 0.1) is 21.8 Å². The molecule has 2 heterocycles. The fourth-order valence-electron chi connectivity index (χ4n) is 5.38. The standard InChI is InChI=1S/C26H33N2O2P/c1-23(2,3)31(29)28-20-15-18-17(24(4,5)26(8,9)25(18,6)7)14-19(20)27-22(28)16-12-10-11-13-21(16)30-31/h10-15H,1-9H3. The number of benzene rings is 2. The number of para-hydroxylation sites is 1. The van der Waals surface area contributed by atoms with E-state index >= 15 is 0 Å². The topological polar surface area (TPSA) is 44.1 Å². The van der Waals surface area contributed by atoms with Crippen molar-refractivity contribution in [2.45, 2.75) is 78.3 Å². The number of rotatable bonds is 0. The summed E-state index contributed by atoms with van der Waals surface area (Å²) in [4.78, 5) is 5.05. The first-order valence-electron chi connectivity index (χ1n) is 11.1. The third-order valence-corrected chi connectivity index (χ3v) is 11.8. The normalized spacial score (nSPS) is 24.9.